The smallest absolute Gasteiger partial charge is 0.293 e. The minimum atomic E-state index is -0.0359. The number of likely N-dealkylation sites (tertiary alicyclic amines) is 1. The molecule has 1 N–H and O–H groups in total. The average molecular weight is 222 g/mol. The molecule has 0 aliphatic carbocycles. The monoisotopic (exact) mass is 222 g/mol. The molecule has 1 amide bonds. The standard InChI is InChI=1S/C11H18N4O/c1-9-12-10(14-13-9)11(16)15-7-5-3-2-4-6-8-15/h2-8H2,1H3,(H,12,13,14). The highest BCUT2D eigenvalue weighted by Gasteiger charge is 2.19. The normalized spacial score (nSPS) is 17.9. The number of nitrogens with one attached hydrogen (secondary N) is 1. The van der Waals surface area contributed by atoms with Crippen LogP contribution in [0.15, 0.2) is 0 Å². The highest BCUT2D eigenvalue weighted by atomic mass is 16.2. The van der Waals surface area contributed by atoms with Gasteiger partial charge in [-0.1, -0.05) is 19.3 Å². The van der Waals surface area contributed by atoms with Crippen LogP contribution in [0, 0.1) is 6.92 Å². The number of aromatic nitrogens is 3. The predicted molar refractivity (Wildman–Crippen MR) is 60.1 cm³/mol. The first-order valence-corrected chi connectivity index (χ1v) is 5.95. The number of nitrogens with zero attached hydrogens (tertiary/aromatic N) is 3. The molecule has 0 spiro atoms. The second-order valence-electron chi connectivity index (χ2n) is 4.30. The lowest BCUT2D eigenvalue weighted by atomic mass is 10.1. The second kappa shape index (κ2) is 5.09. The van der Waals surface area contributed by atoms with Gasteiger partial charge < -0.3 is 4.90 Å². The quantitative estimate of drug-likeness (QED) is 0.783. The van der Waals surface area contributed by atoms with Gasteiger partial charge in [0.15, 0.2) is 0 Å². The molecule has 1 aliphatic rings. The molecule has 2 heterocycles. The van der Waals surface area contributed by atoms with Gasteiger partial charge in [-0.05, 0) is 19.8 Å². The van der Waals surface area contributed by atoms with Crippen molar-refractivity contribution in [2.45, 2.75) is 39.0 Å². The van der Waals surface area contributed by atoms with Gasteiger partial charge in [0, 0.05) is 13.1 Å². The van der Waals surface area contributed by atoms with E-state index in [9.17, 15) is 4.79 Å². The number of aromatic amines is 1. The van der Waals surface area contributed by atoms with Gasteiger partial charge in [-0.25, -0.2) is 4.98 Å². The van der Waals surface area contributed by atoms with Gasteiger partial charge in [0.25, 0.3) is 5.91 Å². The van der Waals surface area contributed by atoms with Crippen molar-refractivity contribution in [3.05, 3.63) is 11.6 Å². The molecule has 0 saturated carbocycles. The summed E-state index contributed by atoms with van der Waals surface area (Å²) >= 11 is 0. The zero-order valence-electron chi connectivity index (χ0n) is 9.70. The highest BCUT2D eigenvalue weighted by Crippen LogP contribution is 2.12. The molecule has 0 aromatic carbocycles. The largest absolute Gasteiger partial charge is 0.336 e. The Labute approximate surface area is 95.2 Å². The Balaban J connectivity index is 2.01. The lowest BCUT2D eigenvalue weighted by Crippen LogP contribution is -2.34. The van der Waals surface area contributed by atoms with Crippen molar-refractivity contribution in [3.8, 4) is 0 Å². The summed E-state index contributed by atoms with van der Waals surface area (Å²) in [5.74, 6) is 0.958. The summed E-state index contributed by atoms with van der Waals surface area (Å²) in [5.41, 5.74) is 0. The van der Waals surface area contributed by atoms with Crippen LogP contribution in [0.25, 0.3) is 0 Å². The number of rotatable bonds is 1. The van der Waals surface area contributed by atoms with Crippen molar-refractivity contribution in [3.63, 3.8) is 0 Å². The summed E-state index contributed by atoms with van der Waals surface area (Å²) in [5, 5.41) is 6.63. The van der Waals surface area contributed by atoms with Crippen molar-refractivity contribution in [2.75, 3.05) is 13.1 Å². The number of hydrogen-bond donors (Lipinski definition) is 1. The Bertz CT molecular complexity index is 353. The van der Waals surface area contributed by atoms with E-state index in [4.69, 9.17) is 0 Å². The molecule has 2 rings (SSSR count). The van der Waals surface area contributed by atoms with Gasteiger partial charge >= 0.3 is 0 Å². The van der Waals surface area contributed by atoms with Crippen LogP contribution in [-0.2, 0) is 0 Å². The zero-order chi connectivity index (χ0) is 11.4. The second-order valence-corrected chi connectivity index (χ2v) is 4.30. The lowest BCUT2D eigenvalue weighted by Gasteiger charge is -2.23. The topological polar surface area (TPSA) is 61.9 Å². The van der Waals surface area contributed by atoms with Gasteiger partial charge in [0.1, 0.15) is 5.82 Å². The molecule has 1 aliphatic heterocycles. The zero-order valence-corrected chi connectivity index (χ0v) is 9.70. The van der Waals surface area contributed by atoms with Crippen LogP contribution in [0.4, 0.5) is 0 Å². The summed E-state index contributed by atoms with van der Waals surface area (Å²) in [6.07, 6.45) is 5.92. The van der Waals surface area contributed by atoms with Gasteiger partial charge in [0.2, 0.25) is 5.82 Å². The lowest BCUT2D eigenvalue weighted by molar-refractivity contribution is 0.0730. The molecule has 5 nitrogen and oxygen atoms in total. The Morgan fingerprint density at radius 1 is 1.19 bits per heavy atom. The predicted octanol–water partition coefficient (Wildman–Crippen LogP) is 1.52. The Kier molecular flexibility index (Phi) is 3.54. The third-order valence-corrected chi connectivity index (χ3v) is 2.93. The van der Waals surface area contributed by atoms with Crippen LogP contribution < -0.4 is 0 Å². The van der Waals surface area contributed by atoms with E-state index in [1.807, 2.05) is 4.90 Å². The number of aryl methyl sites for hydroxylation is 1. The van der Waals surface area contributed by atoms with Gasteiger partial charge in [-0.15, -0.1) is 5.10 Å². The molecular formula is C11H18N4O. The van der Waals surface area contributed by atoms with Crippen LogP contribution in [0.5, 0.6) is 0 Å². The van der Waals surface area contributed by atoms with Crippen molar-refractivity contribution < 1.29 is 4.79 Å². The number of H-pyrrole nitrogens is 1. The average Bonchev–Trinajstić information content (AvgIpc) is 2.63. The third kappa shape index (κ3) is 2.59. The van der Waals surface area contributed by atoms with E-state index in [0.717, 1.165) is 25.9 Å². The van der Waals surface area contributed by atoms with Gasteiger partial charge in [0.05, 0.1) is 0 Å². The summed E-state index contributed by atoms with van der Waals surface area (Å²) < 4.78 is 0. The molecule has 0 bridgehead atoms. The van der Waals surface area contributed by atoms with Gasteiger partial charge in [-0.2, -0.15) is 0 Å². The van der Waals surface area contributed by atoms with E-state index in [1.165, 1.54) is 19.3 Å². The maximum Gasteiger partial charge on any atom is 0.293 e. The summed E-state index contributed by atoms with van der Waals surface area (Å²) in [6.45, 7) is 3.48. The van der Waals surface area contributed by atoms with Crippen molar-refractivity contribution in [1.29, 1.82) is 0 Å². The number of amides is 1. The maximum atomic E-state index is 12.1. The fourth-order valence-electron chi connectivity index (χ4n) is 2.03. The summed E-state index contributed by atoms with van der Waals surface area (Å²) in [7, 11) is 0. The summed E-state index contributed by atoms with van der Waals surface area (Å²) in [4.78, 5) is 18.0. The SMILES string of the molecule is Cc1nc(C(=O)N2CCCCCCC2)n[nH]1. The van der Waals surface area contributed by atoms with Crippen LogP contribution in [-0.4, -0.2) is 39.1 Å². The van der Waals surface area contributed by atoms with Crippen molar-refractivity contribution >= 4 is 5.91 Å². The first-order chi connectivity index (χ1) is 7.77. The fraction of sp³-hybridized carbons (Fsp3) is 0.727. The fourth-order valence-corrected chi connectivity index (χ4v) is 2.03. The number of hydrogen-bond acceptors (Lipinski definition) is 3. The minimum Gasteiger partial charge on any atom is -0.336 e. The Hall–Kier alpha value is -1.39. The minimum absolute atomic E-state index is 0.0359. The molecule has 1 aromatic heterocycles. The third-order valence-electron chi connectivity index (χ3n) is 2.93. The van der Waals surface area contributed by atoms with Crippen molar-refractivity contribution in [1.82, 2.24) is 20.1 Å². The molecule has 1 saturated heterocycles. The first-order valence-electron chi connectivity index (χ1n) is 5.95. The van der Waals surface area contributed by atoms with Crippen molar-refractivity contribution in [2.24, 2.45) is 0 Å². The van der Waals surface area contributed by atoms with Gasteiger partial charge in [-0.3, -0.25) is 9.89 Å². The molecule has 0 radical (unpaired) electrons. The van der Waals surface area contributed by atoms with E-state index in [1.54, 1.807) is 6.92 Å². The van der Waals surface area contributed by atoms with E-state index < -0.39 is 0 Å². The molecular weight excluding hydrogens is 204 g/mol. The number of carbonyl (C=O) groups is 1. The highest BCUT2D eigenvalue weighted by molar-refractivity contribution is 5.90. The summed E-state index contributed by atoms with van der Waals surface area (Å²) in [6, 6.07) is 0. The van der Waals surface area contributed by atoms with Crippen LogP contribution in [0.3, 0.4) is 0 Å². The molecule has 1 fully saturated rings. The molecule has 0 unspecified atom stereocenters. The molecule has 16 heavy (non-hydrogen) atoms. The van der Waals surface area contributed by atoms with Crippen LogP contribution >= 0.6 is 0 Å². The van der Waals surface area contributed by atoms with E-state index >= 15 is 0 Å². The molecule has 0 atom stereocenters. The first kappa shape index (κ1) is 11.1. The molecule has 88 valence electrons. The Morgan fingerprint density at radius 2 is 1.81 bits per heavy atom. The van der Waals surface area contributed by atoms with Crippen LogP contribution in [0.2, 0.25) is 0 Å². The Morgan fingerprint density at radius 3 is 2.38 bits per heavy atom. The van der Waals surface area contributed by atoms with E-state index in [-0.39, 0.29) is 5.91 Å². The molecule has 5 heteroatoms. The number of carbonyl (C=O) groups excluding carboxylic acids is 1. The van der Waals surface area contributed by atoms with E-state index in [0.29, 0.717) is 11.6 Å². The molecule has 1 aromatic rings. The van der Waals surface area contributed by atoms with Crippen LogP contribution in [0.1, 0.15) is 48.5 Å². The maximum absolute atomic E-state index is 12.1. The van der Waals surface area contributed by atoms with E-state index in [2.05, 4.69) is 15.2 Å².